The van der Waals surface area contributed by atoms with Crippen molar-refractivity contribution in [3.63, 3.8) is 0 Å². The molecule has 0 amide bonds. The molecular formula is C10H22N2O2. The van der Waals surface area contributed by atoms with Gasteiger partial charge in [0.05, 0.1) is 6.61 Å². The molecule has 0 aliphatic carbocycles. The van der Waals surface area contributed by atoms with Crippen LogP contribution < -0.4 is 11.1 Å². The van der Waals surface area contributed by atoms with Crippen molar-refractivity contribution < 1.29 is 9.47 Å². The van der Waals surface area contributed by atoms with E-state index in [-0.39, 0.29) is 5.54 Å². The third-order valence-corrected chi connectivity index (χ3v) is 2.87. The monoisotopic (exact) mass is 202 g/mol. The zero-order valence-corrected chi connectivity index (χ0v) is 9.05. The Balaban J connectivity index is 2.37. The predicted molar refractivity (Wildman–Crippen MR) is 56.3 cm³/mol. The van der Waals surface area contributed by atoms with Crippen LogP contribution in [0.3, 0.4) is 0 Å². The maximum absolute atomic E-state index is 5.83. The van der Waals surface area contributed by atoms with Gasteiger partial charge in [-0.25, -0.2) is 0 Å². The molecule has 84 valence electrons. The van der Waals surface area contributed by atoms with E-state index in [1.165, 1.54) is 0 Å². The van der Waals surface area contributed by atoms with E-state index in [2.05, 4.69) is 5.32 Å². The molecule has 0 radical (unpaired) electrons. The third kappa shape index (κ3) is 3.53. The van der Waals surface area contributed by atoms with E-state index in [1.807, 2.05) is 0 Å². The van der Waals surface area contributed by atoms with Crippen LogP contribution in [0, 0.1) is 0 Å². The average molecular weight is 202 g/mol. The number of nitrogens with two attached hydrogens (primary N) is 1. The van der Waals surface area contributed by atoms with Gasteiger partial charge in [0.25, 0.3) is 0 Å². The molecule has 0 aromatic heterocycles. The molecule has 1 saturated heterocycles. The molecule has 1 heterocycles. The van der Waals surface area contributed by atoms with E-state index in [9.17, 15) is 0 Å². The van der Waals surface area contributed by atoms with Crippen LogP contribution in [-0.4, -0.2) is 45.6 Å². The predicted octanol–water partition coefficient (Wildman–Crippen LogP) is 0.120. The molecule has 1 aliphatic heterocycles. The first-order chi connectivity index (χ1) is 6.83. The van der Waals surface area contributed by atoms with Crippen molar-refractivity contribution >= 4 is 0 Å². The molecule has 0 bridgehead atoms. The number of ether oxygens (including phenoxy) is 2. The topological polar surface area (TPSA) is 56.5 Å². The van der Waals surface area contributed by atoms with Crippen LogP contribution in [0.5, 0.6) is 0 Å². The standard InChI is InChI=1S/C10H22N2O2/c1-13-8-5-12-10(9-11)3-2-6-14-7-4-10/h12H,2-9,11H2,1H3. The summed E-state index contributed by atoms with van der Waals surface area (Å²) in [4.78, 5) is 0. The minimum Gasteiger partial charge on any atom is -0.383 e. The number of methoxy groups -OCH3 is 1. The van der Waals surface area contributed by atoms with Gasteiger partial charge in [-0.1, -0.05) is 0 Å². The second-order valence-corrected chi connectivity index (χ2v) is 3.87. The second kappa shape index (κ2) is 6.35. The van der Waals surface area contributed by atoms with E-state index in [0.717, 1.165) is 45.6 Å². The summed E-state index contributed by atoms with van der Waals surface area (Å²) < 4.78 is 10.5. The fraction of sp³-hybridized carbons (Fsp3) is 1.00. The molecule has 4 heteroatoms. The molecule has 1 atom stereocenters. The lowest BCUT2D eigenvalue weighted by Crippen LogP contribution is -2.52. The second-order valence-electron chi connectivity index (χ2n) is 3.87. The summed E-state index contributed by atoms with van der Waals surface area (Å²) in [6.45, 7) is 3.97. The minimum absolute atomic E-state index is 0.0784. The summed E-state index contributed by atoms with van der Waals surface area (Å²) >= 11 is 0. The largest absolute Gasteiger partial charge is 0.383 e. The molecule has 14 heavy (non-hydrogen) atoms. The van der Waals surface area contributed by atoms with E-state index in [1.54, 1.807) is 7.11 Å². The van der Waals surface area contributed by atoms with E-state index < -0.39 is 0 Å². The van der Waals surface area contributed by atoms with E-state index >= 15 is 0 Å². The van der Waals surface area contributed by atoms with Crippen LogP contribution in [0.4, 0.5) is 0 Å². The van der Waals surface area contributed by atoms with Crippen LogP contribution in [0.15, 0.2) is 0 Å². The Bertz CT molecular complexity index is 145. The van der Waals surface area contributed by atoms with Crippen molar-refractivity contribution in [1.29, 1.82) is 0 Å². The lowest BCUT2D eigenvalue weighted by molar-refractivity contribution is 0.134. The molecule has 1 aliphatic rings. The fourth-order valence-electron chi connectivity index (χ4n) is 1.88. The number of hydrogen-bond donors (Lipinski definition) is 2. The van der Waals surface area contributed by atoms with Gasteiger partial charge in [0.2, 0.25) is 0 Å². The summed E-state index contributed by atoms with van der Waals surface area (Å²) in [7, 11) is 1.72. The SMILES string of the molecule is COCCNC1(CN)CCCOCC1. The first-order valence-corrected chi connectivity index (χ1v) is 5.35. The lowest BCUT2D eigenvalue weighted by atomic mass is 9.90. The van der Waals surface area contributed by atoms with Gasteiger partial charge in [0.15, 0.2) is 0 Å². The molecule has 3 N–H and O–H groups in total. The van der Waals surface area contributed by atoms with Crippen molar-refractivity contribution in [1.82, 2.24) is 5.32 Å². The van der Waals surface area contributed by atoms with Crippen LogP contribution in [0.1, 0.15) is 19.3 Å². The first-order valence-electron chi connectivity index (χ1n) is 5.35. The zero-order valence-electron chi connectivity index (χ0n) is 9.05. The van der Waals surface area contributed by atoms with Gasteiger partial charge < -0.3 is 20.5 Å². The minimum atomic E-state index is 0.0784. The summed E-state index contributed by atoms with van der Waals surface area (Å²) in [5, 5.41) is 3.50. The molecule has 1 unspecified atom stereocenters. The highest BCUT2D eigenvalue weighted by Crippen LogP contribution is 2.19. The quantitative estimate of drug-likeness (QED) is 0.622. The normalized spacial score (nSPS) is 28.7. The smallest absolute Gasteiger partial charge is 0.0587 e. The first kappa shape index (κ1) is 11.9. The van der Waals surface area contributed by atoms with Crippen LogP contribution in [0.25, 0.3) is 0 Å². The van der Waals surface area contributed by atoms with Gasteiger partial charge in [-0.15, -0.1) is 0 Å². The Morgan fingerprint density at radius 2 is 2.29 bits per heavy atom. The van der Waals surface area contributed by atoms with Gasteiger partial charge in [-0.05, 0) is 19.3 Å². The van der Waals surface area contributed by atoms with Crippen molar-refractivity contribution in [3.8, 4) is 0 Å². The highest BCUT2D eigenvalue weighted by atomic mass is 16.5. The highest BCUT2D eigenvalue weighted by Gasteiger charge is 2.28. The summed E-state index contributed by atoms with van der Waals surface area (Å²) in [5.41, 5.74) is 5.91. The van der Waals surface area contributed by atoms with Gasteiger partial charge in [0.1, 0.15) is 0 Å². The van der Waals surface area contributed by atoms with Crippen LogP contribution in [-0.2, 0) is 9.47 Å². The maximum Gasteiger partial charge on any atom is 0.0587 e. The Kier molecular flexibility index (Phi) is 5.40. The number of hydrogen-bond acceptors (Lipinski definition) is 4. The van der Waals surface area contributed by atoms with Gasteiger partial charge in [-0.2, -0.15) is 0 Å². The third-order valence-electron chi connectivity index (χ3n) is 2.87. The molecule has 0 aromatic rings. The molecule has 4 nitrogen and oxygen atoms in total. The zero-order chi connectivity index (χ0) is 10.3. The molecule has 0 aromatic carbocycles. The van der Waals surface area contributed by atoms with Crippen molar-refractivity contribution in [2.24, 2.45) is 5.73 Å². The van der Waals surface area contributed by atoms with Gasteiger partial charge in [0, 0.05) is 39.0 Å². The Hall–Kier alpha value is -0.160. The van der Waals surface area contributed by atoms with Crippen LogP contribution >= 0.6 is 0 Å². The highest BCUT2D eigenvalue weighted by molar-refractivity contribution is 4.90. The van der Waals surface area contributed by atoms with Crippen molar-refractivity contribution in [3.05, 3.63) is 0 Å². The fourth-order valence-corrected chi connectivity index (χ4v) is 1.88. The van der Waals surface area contributed by atoms with E-state index in [0.29, 0.717) is 6.54 Å². The molecule has 1 fully saturated rings. The Morgan fingerprint density at radius 1 is 1.43 bits per heavy atom. The van der Waals surface area contributed by atoms with Gasteiger partial charge in [-0.3, -0.25) is 0 Å². The lowest BCUT2D eigenvalue weighted by Gasteiger charge is -2.32. The maximum atomic E-state index is 5.83. The molecule has 0 saturated carbocycles. The van der Waals surface area contributed by atoms with Crippen molar-refractivity contribution in [2.75, 3.05) is 40.0 Å². The summed E-state index contributed by atoms with van der Waals surface area (Å²) in [6.07, 6.45) is 3.21. The van der Waals surface area contributed by atoms with Gasteiger partial charge >= 0.3 is 0 Å². The van der Waals surface area contributed by atoms with Crippen molar-refractivity contribution in [2.45, 2.75) is 24.8 Å². The Morgan fingerprint density at radius 3 is 3.00 bits per heavy atom. The molecule has 1 rings (SSSR count). The van der Waals surface area contributed by atoms with Crippen LogP contribution in [0.2, 0.25) is 0 Å². The summed E-state index contributed by atoms with van der Waals surface area (Å²) in [5.74, 6) is 0. The summed E-state index contributed by atoms with van der Waals surface area (Å²) in [6, 6.07) is 0. The number of nitrogens with one attached hydrogen (secondary N) is 1. The molecule has 0 spiro atoms. The molecular weight excluding hydrogens is 180 g/mol. The Labute approximate surface area is 86.1 Å². The number of rotatable bonds is 5. The average Bonchev–Trinajstić information content (AvgIpc) is 2.45. The van der Waals surface area contributed by atoms with E-state index in [4.69, 9.17) is 15.2 Å².